The Bertz CT molecular complexity index is 298. The smallest absolute Gasteiger partial charge is 0.261 e. The van der Waals surface area contributed by atoms with Crippen molar-refractivity contribution in [1.29, 1.82) is 0 Å². The van der Waals surface area contributed by atoms with Crippen LogP contribution in [0.2, 0.25) is 11.6 Å². The van der Waals surface area contributed by atoms with Gasteiger partial charge in [0.05, 0.1) is 6.10 Å². The van der Waals surface area contributed by atoms with Crippen molar-refractivity contribution in [3.8, 4) is 0 Å². The normalized spacial score (nSPS) is 32.9. The van der Waals surface area contributed by atoms with Gasteiger partial charge in [0.2, 0.25) is 0 Å². The Morgan fingerprint density at radius 1 is 0.957 bits per heavy atom. The van der Waals surface area contributed by atoms with Crippen molar-refractivity contribution in [2.45, 2.75) is 102 Å². The molecular weight excluding hydrogens is 310 g/mol. The third-order valence-corrected chi connectivity index (χ3v) is 8.95. The molecule has 4 heteroatoms. The first kappa shape index (κ1) is 19.4. The molecule has 0 N–H and O–H groups in total. The van der Waals surface area contributed by atoms with E-state index in [1.165, 1.54) is 63.8 Å². The standard InChI is InChI=1S/C19H36F2OSi/c1-2-3-4-15-5-7-16(8-6-15)14-23-18-11-9-17(10-12-18)22-13-19(20)21/h15-19H,2-14,23H2,1H3. The van der Waals surface area contributed by atoms with Crippen molar-refractivity contribution >= 4 is 9.52 Å². The van der Waals surface area contributed by atoms with Crippen molar-refractivity contribution in [2.75, 3.05) is 6.61 Å². The SMILES string of the molecule is CCCCC1CCC(C[SiH2]C2CCC(OCC(F)F)CC2)CC1. The third kappa shape index (κ3) is 7.64. The van der Waals surface area contributed by atoms with E-state index in [9.17, 15) is 8.78 Å². The van der Waals surface area contributed by atoms with Crippen LogP contribution in [0.1, 0.15) is 77.6 Å². The van der Waals surface area contributed by atoms with E-state index in [0.717, 1.165) is 30.2 Å². The van der Waals surface area contributed by atoms with Crippen LogP contribution in [0.5, 0.6) is 0 Å². The molecule has 0 amide bonds. The molecule has 2 aliphatic carbocycles. The lowest BCUT2D eigenvalue weighted by Crippen LogP contribution is -2.24. The van der Waals surface area contributed by atoms with E-state index < -0.39 is 6.43 Å². The van der Waals surface area contributed by atoms with Gasteiger partial charge in [-0.2, -0.15) is 0 Å². The van der Waals surface area contributed by atoms with Crippen molar-refractivity contribution in [3.05, 3.63) is 0 Å². The third-order valence-electron chi connectivity index (χ3n) is 6.17. The topological polar surface area (TPSA) is 9.23 Å². The van der Waals surface area contributed by atoms with E-state index in [2.05, 4.69) is 6.92 Å². The molecule has 2 aliphatic rings. The van der Waals surface area contributed by atoms with Gasteiger partial charge in [-0.25, -0.2) is 8.78 Å². The number of rotatable bonds is 9. The van der Waals surface area contributed by atoms with E-state index in [0.29, 0.717) is 0 Å². The molecule has 0 aromatic heterocycles. The molecule has 0 aromatic carbocycles. The van der Waals surface area contributed by atoms with E-state index in [4.69, 9.17) is 4.74 Å². The van der Waals surface area contributed by atoms with Crippen molar-refractivity contribution in [2.24, 2.45) is 11.8 Å². The summed E-state index contributed by atoms with van der Waals surface area (Å²) in [6.07, 6.45) is 12.5. The largest absolute Gasteiger partial charge is 0.372 e. The van der Waals surface area contributed by atoms with Crippen molar-refractivity contribution in [3.63, 3.8) is 0 Å². The fourth-order valence-corrected chi connectivity index (χ4v) is 7.14. The second-order valence-corrected chi connectivity index (χ2v) is 10.3. The first-order valence-corrected chi connectivity index (χ1v) is 11.9. The Balaban J connectivity index is 1.52. The zero-order chi connectivity index (χ0) is 16.5. The van der Waals surface area contributed by atoms with Crippen LogP contribution in [0.15, 0.2) is 0 Å². The van der Waals surface area contributed by atoms with Crippen molar-refractivity contribution < 1.29 is 13.5 Å². The van der Waals surface area contributed by atoms with E-state index in [-0.39, 0.29) is 22.2 Å². The Labute approximate surface area is 143 Å². The van der Waals surface area contributed by atoms with Gasteiger partial charge in [0, 0.05) is 9.52 Å². The molecule has 0 unspecified atom stereocenters. The molecule has 0 atom stereocenters. The van der Waals surface area contributed by atoms with Crippen LogP contribution in [-0.4, -0.2) is 28.7 Å². The minimum atomic E-state index is -2.31. The minimum Gasteiger partial charge on any atom is -0.372 e. The van der Waals surface area contributed by atoms with Gasteiger partial charge in [-0.15, -0.1) is 0 Å². The number of unbranched alkanes of at least 4 members (excludes halogenated alkanes) is 1. The average Bonchev–Trinajstić information content (AvgIpc) is 2.58. The highest BCUT2D eigenvalue weighted by Crippen LogP contribution is 2.36. The lowest BCUT2D eigenvalue weighted by Gasteiger charge is -2.31. The van der Waals surface area contributed by atoms with Gasteiger partial charge in [0.1, 0.15) is 6.61 Å². The Kier molecular flexibility index (Phi) is 9.10. The number of hydrogen-bond acceptors (Lipinski definition) is 1. The van der Waals surface area contributed by atoms with Crippen molar-refractivity contribution in [1.82, 2.24) is 0 Å². The Morgan fingerprint density at radius 2 is 1.61 bits per heavy atom. The molecule has 2 saturated carbocycles. The van der Waals surface area contributed by atoms with Crippen LogP contribution in [0.25, 0.3) is 0 Å². The first-order valence-electron chi connectivity index (χ1n) is 10.1. The summed E-state index contributed by atoms with van der Waals surface area (Å²) in [5.74, 6) is 2.04. The lowest BCUT2D eigenvalue weighted by atomic mass is 9.80. The van der Waals surface area contributed by atoms with Gasteiger partial charge in [-0.1, -0.05) is 76.3 Å². The first-order chi connectivity index (χ1) is 11.2. The minimum absolute atomic E-state index is 0.0319. The lowest BCUT2D eigenvalue weighted by molar-refractivity contribution is -0.0365. The van der Waals surface area contributed by atoms with Gasteiger partial charge in [-0.05, 0) is 24.7 Å². The molecule has 0 aliphatic heterocycles. The highest BCUT2D eigenvalue weighted by Gasteiger charge is 2.25. The summed E-state index contributed by atoms with van der Waals surface area (Å²) in [6, 6.07) is 1.54. The second kappa shape index (κ2) is 10.8. The van der Waals surface area contributed by atoms with Gasteiger partial charge in [0.15, 0.2) is 0 Å². The van der Waals surface area contributed by atoms with Crippen LogP contribution in [0.4, 0.5) is 8.78 Å². The molecule has 2 rings (SSSR count). The molecule has 0 bridgehead atoms. The summed E-state index contributed by atoms with van der Waals surface area (Å²) in [7, 11) is 0.0319. The Hall–Kier alpha value is 0.0369. The zero-order valence-corrected chi connectivity index (χ0v) is 16.4. The molecule has 1 nitrogen and oxygen atoms in total. The fraction of sp³-hybridized carbons (Fsp3) is 1.00. The monoisotopic (exact) mass is 346 g/mol. The van der Waals surface area contributed by atoms with Crippen LogP contribution in [-0.2, 0) is 4.74 Å². The summed E-state index contributed by atoms with van der Waals surface area (Å²) in [4.78, 5) is 0. The predicted octanol–water partition coefficient (Wildman–Crippen LogP) is 5.58. The van der Waals surface area contributed by atoms with Crippen LogP contribution in [0, 0.1) is 11.8 Å². The maximum absolute atomic E-state index is 12.2. The number of ether oxygens (including phenoxy) is 1. The summed E-state index contributed by atoms with van der Waals surface area (Å²) < 4.78 is 29.6. The maximum atomic E-state index is 12.2. The molecule has 0 radical (unpaired) electrons. The van der Waals surface area contributed by atoms with Crippen LogP contribution >= 0.6 is 0 Å². The highest BCUT2D eigenvalue weighted by atomic mass is 28.2. The number of alkyl halides is 2. The molecule has 0 saturated heterocycles. The van der Waals surface area contributed by atoms with E-state index >= 15 is 0 Å². The molecule has 23 heavy (non-hydrogen) atoms. The molecule has 0 aromatic rings. The summed E-state index contributed by atoms with van der Waals surface area (Å²) in [5, 5.41) is 0. The van der Waals surface area contributed by atoms with Gasteiger partial charge >= 0.3 is 0 Å². The quantitative estimate of drug-likeness (QED) is 0.495. The molecule has 0 spiro atoms. The zero-order valence-electron chi connectivity index (χ0n) is 15.0. The predicted molar refractivity (Wildman–Crippen MR) is 96.3 cm³/mol. The Morgan fingerprint density at radius 3 is 2.22 bits per heavy atom. The summed E-state index contributed by atoms with van der Waals surface area (Å²) in [5.41, 5.74) is 0.958. The van der Waals surface area contributed by atoms with Crippen LogP contribution in [0.3, 0.4) is 0 Å². The van der Waals surface area contributed by atoms with Gasteiger partial charge < -0.3 is 4.74 Å². The molecule has 136 valence electrons. The molecular formula is C19H36F2OSi. The molecule has 2 fully saturated rings. The maximum Gasteiger partial charge on any atom is 0.261 e. The number of hydrogen-bond donors (Lipinski definition) is 0. The van der Waals surface area contributed by atoms with E-state index in [1.807, 2.05) is 0 Å². The summed E-state index contributed by atoms with van der Waals surface area (Å²) >= 11 is 0. The van der Waals surface area contributed by atoms with Gasteiger partial charge in [-0.3, -0.25) is 0 Å². The highest BCUT2D eigenvalue weighted by molar-refractivity contribution is 6.37. The molecule has 0 heterocycles. The second-order valence-electron chi connectivity index (χ2n) is 7.97. The fourth-order valence-electron chi connectivity index (χ4n) is 4.57. The average molecular weight is 347 g/mol. The van der Waals surface area contributed by atoms with Crippen LogP contribution < -0.4 is 0 Å². The van der Waals surface area contributed by atoms with E-state index in [1.54, 1.807) is 0 Å². The van der Waals surface area contributed by atoms with Gasteiger partial charge in [0.25, 0.3) is 6.43 Å². The summed E-state index contributed by atoms with van der Waals surface area (Å²) in [6.45, 7) is 1.93. The number of halogens is 2.